The SMILES string of the molecule is CCC1(C(C)C)C(C(F)(F)F)=CSC1CC(=O)O. The van der Waals surface area contributed by atoms with Crippen LogP contribution in [0, 0.1) is 11.3 Å². The van der Waals surface area contributed by atoms with Crippen molar-refractivity contribution in [1.82, 2.24) is 0 Å². The van der Waals surface area contributed by atoms with Crippen molar-refractivity contribution in [2.24, 2.45) is 11.3 Å². The van der Waals surface area contributed by atoms with E-state index < -0.39 is 28.4 Å². The third kappa shape index (κ3) is 2.53. The van der Waals surface area contributed by atoms with E-state index in [9.17, 15) is 18.0 Å². The van der Waals surface area contributed by atoms with Gasteiger partial charge < -0.3 is 5.11 Å². The summed E-state index contributed by atoms with van der Waals surface area (Å²) in [5, 5.41) is 9.42. The Labute approximate surface area is 109 Å². The van der Waals surface area contributed by atoms with Crippen molar-refractivity contribution in [2.45, 2.75) is 45.0 Å². The second kappa shape index (κ2) is 5.15. The van der Waals surface area contributed by atoms with Crippen LogP contribution in [0.1, 0.15) is 33.6 Å². The van der Waals surface area contributed by atoms with Crippen LogP contribution in [-0.4, -0.2) is 22.5 Å². The van der Waals surface area contributed by atoms with Crippen LogP contribution in [0.2, 0.25) is 0 Å². The van der Waals surface area contributed by atoms with Crippen LogP contribution in [-0.2, 0) is 4.79 Å². The first kappa shape index (κ1) is 15.4. The molecule has 0 aromatic heterocycles. The number of rotatable bonds is 4. The van der Waals surface area contributed by atoms with Gasteiger partial charge >= 0.3 is 12.1 Å². The van der Waals surface area contributed by atoms with Crippen molar-refractivity contribution < 1.29 is 23.1 Å². The zero-order valence-electron chi connectivity index (χ0n) is 10.5. The molecule has 1 N–H and O–H groups in total. The summed E-state index contributed by atoms with van der Waals surface area (Å²) in [5.41, 5.74) is -1.66. The molecule has 0 radical (unpaired) electrons. The Hall–Kier alpha value is -0.650. The fraction of sp³-hybridized carbons (Fsp3) is 0.750. The lowest BCUT2D eigenvalue weighted by atomic mass is 9.66. The van der Waals surface area contributed by atoms with Crippen molar-refractivity contribution in [2.75, 3.05) is 0 Å². The van der Waals surface area contributed by atoms with E-state index in [1.54, 1.807) is 20.8 Å². The molecule has 104 valence electrons. The molecule has 0 saturated carbocycles. The minimum atomic E-state index is -4.39. The normalized spacial score (nSPS) is 28.6. The van der Waals surface area contributed by atoms with Gasteiger partial charge in [0.15, 0.2) is 0 Å². The molecule has 0 aliphatic carbocycles. The molecule has 2 unspecified atom stereocenters. The minimum absolute atomic E-state index is 0.243. The highest BCUT2D eigenvalue weighted by atomic mass is 32.2. The predicted molar refractivity (Wildman–Crippen MR) is 65.3 cm³/mol. The number of carboxylic acid groups (broad SMARTS) is 1. The number of halogens is 3. The summed E-state index contributed by atoms with van der Waals surface area (Å²) in [6, 6.07) is 0. The van der Waals surface area contributed by atoms with E-state index in [4.69, 9.17) is 5.11 Å². The molecule has 0 fully saturated rings. The lowest BCUT2D eigenvalue weighted by Gasteiger charge is -2.40. The molecular formula is C12H17F3O2S. The van der Waals surface area contributed by atoms with Crippen molar-refractivity contribution in [1.29, 1.82) is 0 Å². The first-order valence-electron chi connectivity index (χ1n) is 5.81. The van der Waals surface area contributed by atoms with E-state index in [2.05, 4.69) is 0 Å². The van der Waals surface area contributed by atoms with Gasteiger partial charge in [-0.3, -0.25) is 4.79 Å². The average Bonchev–Trinajstić information content (AvgIpc) is 2.55. The van der Waals surface area contributed by atoms with Gasteiger partial charge in [0, 0.05) is 16.2 Å². The molecule has 1 heterocycles. The standard InChI is InChI=1S/C12H17F3O2S/c1-4-11(7(2)3)8(12(13,14)15)6-18-9(11)5-10(16)17/h6-7,9H,4-5H2,1-3H3,(H,16,17). The molecular weight excluding hydrogens is 265 g/mol. The molecule has 0 saturated heterocycles. The topological polar surface area (TPSA) is 37.3 Å². The summed E-state index contributed by atoms with van der Waals surface area (Å²) < 4.78 is 39.3. The molecule has 0 spiro atoms. The summed E-state index contributed by atoms with van der Waals surface area (Å²) in [4.78, 5) is 10.8. The lowest BCUT2D eigenvalue weighted by molar-refractivity contribution is -0.138. The van der Waals surface area contributed by atoms with Crippen LogP contribution < -0.4 is 0 Å². The van der Waals surface area contributed by atoms with Crippen LogP contribution in [0.3, 0.4) is 0 Å². The number of thioether (sulfide) groups is 1. The van der Waals surface area contributed by atoms with Gasteiger partial charge in [-0.05, 0) is 17.7 Å². The van der Waals surface area contributed by atoms with E-state index in [-0.39, 0.29) is 12.3 Å². The number of carbonyl (C=O) groups is 1. The summed E-state index contributed by atoms with van der Waals surface area (Å²) in [7, 11) is 0. The van der Waals surface area contributed by atoms with Gasteiger partial charge in [0.05, 0.1) is 6.42 Å². The van der Waals surface area contributed by atoms with Gasteiger partial charge in [-0.25, -0.2) is 0 Å². The largest absolute Gasteiger partial charge is 0.481 e. The Morgan fingerprint density at radius 3 is 2.44 bits per heavy atom. The van der Waals surface area contributed by atoms with Gasteiger partial charge in [0.1, 0.15) is 0 Å². The third-order valence-corrected chi connectivity index (χ3v) is 4.99. The molecule has 2 atom stereocenters. The molecule has 6 heteroatoms. The van der Waals surface area contributed by atoms with E-state index in [0.29, 0.717) is 6.42 Å². The molecule has 1 aliphatic rings. The number of hydrogen-bond acceptors (Lipinski definition) is 2. The van der Waals surface area contributed by atoms with Crippen molar-refractivity contribution in [3.63, 3.8) is 0 Å². The monoisotopic (exact) mass is 282 g/mol. The number of carboxylic acids is 1. The molecule has 18 heavy (non-hydrogen) atoms. The average molecular weight is 282 g/mol. The van der Waals surface area contributed by atoms with Crippen molar-refractivity contribution in [3.8, 4) is 0 Å². The Balaban J connectivity index is 3.20. The Morgan fingerprint density at radius 2 is 2.11 bits per heavy atom. The molecule has 1 rings (SSSR count). The van der Waals surface area contributed by atoms with Crippen LogP contribution in [0.4, 0.5) is 13.2 Å². The first-order chi connectivity index (χ1) is 8.16. The zero-order chi connectivity index (χ0) is 14.1. The third-order valence-electron chi connectivity index (χ3n) is 3.71. The van der Waals surface area contributed by atoms with Crippen molar-refractivity contribution in [3.05, 3.63) is 11.0 Å². The minimum Gasteiger partial charge on any atom is -0.481 e. The van der Waals surface area contributed by atoms with Gasteiger partial charge in [-0.2, -0.15) is 13.2 Å². The van der Waals surface area contributed by atoms with Crippen LogP contribution in [0.15, 0.2) is 11.0 Å². The summed E-state index contributed by atoms with van der Waals surface area (Å²) in [5.74, 6) is -1.31. The molecule has 1 aliphatic heterocycles. The van der Waals surface area contributed by atoms with Crippen LogP contribution >= 0.6 is 11.8 Å². The molecule has 0 aromatic carbocycles. The smallest absolute Gasteiger partial charge is 0.413 e. The Bertz CT molecular complexity index is 363. The highest BCUT2D eigenvalue weighted by Gasteiger charge is 2.56. The predicted octanol–water partition coefficient (Wildman–Crippen LogP) is 4.08. The molecule has 0 bridgehead atoms. The summed E-state index contributed by atoms with van der Waals surface area (Å²) in [6.07, 6.45) is -4.34. The van der Waals surface area contributed by atoms with E-state index >= 15 is 0 Å². The molecule has 0 aromatic rings. The van der Waals surface area contributed by atoms with Gasteiger partial charge in [0.2, 0.25) is 0 Å². The van der Waals surface area contributed by atoms with Crippen LogP contribution in [0.25, 0.3) is 0 Å². The second-order valence-electron chi connectivity index (χ2n) is 4.80. The van der Waals surface area contributed by atoms with Crippen molar-refractivity contribution >= 4 is 17.7 Å². The number of alkyl halides is 3. The van der Waals surface area contributed by atoms with E-state index in [1.165, 1.54) is 0 Å². The highest BCUT2D eigenvalue weighted by molar-refractivity contribution is 8.03. The second-order valence-corrected chi connectivity index (χ2v) is 5.88. The number of aliphatic carboxylic acids is 1. The van der Waals surface area contributed by atoms with Gasteiger partial charge in [-0.15, -0.1) is 11.8 Å². The zero-order valence-corrected chi connectivity index (χ0v) is 11.4. The number of allylic oxidation sites excluding steroid dienone is 1. The summed E-state index contributed by atoms with van der Waals surface area (Å²) in [6.45, 7) is 5.15. The van der Waals surface area contributed by atoms with Gasteiger partial charge in [0.25, 0.3) is 0 Å². The maximum absolute atomic E-state index is 13.1. The maximum Gasteiger partial charge on any atom is 0.413 e. The fourth-order valence-corrected chi connectivity index (χ4v) is 4.48. The van der Waals surface area contributed by atoms with Gasteiger partial charge in [-0.1, -0.05) is 20.8 Å². The Kier molecular flexibility index (Phi) is 4.41. The first-order valence-corrected chi connectivity index (χ1v) is 6.75. The molecule has 0 amide bonds. The fourth-order valence-electron chi connectivity index (χ4n) is 2.78. The molecule has 2 nitrogen and oxygen atoms in total. The quantitative estimate of drug-likeness (QED) is 0.844. The van der Waals surface area contributed by atoms with E-state index in [0.717, 1.165) is 17.2 Å². The number of hydrogen-bond donors (Lipinski definition) is 1. The highest BCUT2D eigenvalue weighted by Crippen LogP contribution is 2.58. The summed E-state index contributed by atoms with van der Waals surface area (Å²) >= 11 is 1.00. The van der Waals surface area contributed by atoms with Crippen LogP contribution in [0.5, 0.6) is 0 Å². The Morgan fingerprint density at radius 1 is 1.56 bits per heavy atom. The maximum atomic E-state index is 13.1. The van der Waals surface area contributed by atoms with E-state index in [1.807, 2.05) is 0 Å². The lowest BCUT2D eigenvalue weighted by Crippen LogP contribution is -2.41.